The monoisotopic (exact) mass is 990 g/mol. The molecule has 0 aromatic heterocycles. The number of aliphatic hydroxyl groups excluding tert-OH is 2. The van der Waals surface area contributed by atoms with Crippen LogP contribution in [-0.4, -0.2) is 47.4 Å². The first-order chi connectivity index (χ1) is 34.5. The number of carbonyl (C=O) groups excluding carboxylic acids is 2. The highest BCUT2D eigenvalue weighted by Crippen LogP contribution is 2.19. The molecule has 6 nitrogen and oxygen atoms in total. The minimum Gasteiger partial charge on any atom is -0.466 e. The van der Waals surface area contributed by atoms with Crippen molar-refractivity contribution in [2.45, 2.75) is 386 Å². The van der Waals surface area contributed by atoms with Crippen LogP contribution in [0.3, 0.4) is 0 Å². The number of ether oxygens (including phenoxy) is 1. The average molecular weight is 991 g/mol. The predicted octanol–water partition coefficient (Wildman–Crippen LogP) is 20.3. The third-order valence-corrected chi connectivity index (χ3v) is 15.4. The van der Waals surface area contributed by atoms with Crippen molar-refractivity contribution in [2.24, 2.45) is 0 Å². The molecular weight excluding hydrogens is 863 g/mol. The Balaban J connectivity index is 3.40. The third-order valence-electron chi connectivity index (χ3n) is 15.4. The Kier molecular flexibility index (Phi) is 59.4. The van der Waals surface area contributed by atoms with Crippen LogP contribution < -0.4 is 5.32 Å². The minimum absolute atomic E-state index is 0.00667. The molecule has 0 fully saturated rings. The number of amides is 1. The van der Waals surface area contributed by atoms with E-state index in [-0.39, 0.29) is 18.5 Å². The quantitative estimate of drug-likeness (QED) is 0.0417. The average Bonchev–Trinajstić information content (AvgIpc) is 3.36. The normalized spacial score (nSPS) is 12.5. The molecule has 0 spiro atoms. The first-order valence-corrected chi connectivity index (χ1v) is 32.3. The fourth-order valence-corrected chi connectivity index (χ4v) is 10.5. The van der Waals surface area contributed by atoms with Crippen LogP contribution in [0.5, 0.6) is 0 Å². The molecule has 0 aliphatic heterocycles. The molecule has 2 atom stereocenters. The van der Waals surface area contributed by atoms with E-state index < -0.39 is 12.1 Å². The maximum atomic E-state index is 12.5. The molecule has 0 aromatic rings. The molecule has 0 saturated heterocycles. The van der Waals surface area contributed by atoms with Crippen molar-refractivity contribution < 1.29 is 24.5 Å². The SMILES string of the molecule is CCCCCCCCCCCCCCCCCCCCCCC(O)C(CO)NC(=O)CCCCCCCCCCCCCCCCCOC(=O)CCCCCCCCCCCCCCCCCCCC. The number of unbranched alkanes of at least 4 members (excludes halogenated alkanes) is 50. The molecule has 0 saturated carbocycles. The van der Waals surface area contributed by atoms with Crippen molar-refractivity contribution in [3.8, 4) is 0 Å². The molecule has 0 radical (unpaired) electrons. The zero-order chi connectivity index (χ0) is 50.7. The van der Waals surface area contributed by atoms with Crippen molar-refractivity contribution in [1.82, 2.24) is 5.32 Å². The summed E-state index contributed by atoms with van der Waals surface area (Å²) < 4.78 is 5.50. The van der Waals surface area contributed by atoms with Crippen LogP contribution in [0.15, 0.2) is 0 Å². The summed E-state index contributed by atoms with van der Waals surface area (Å²) >= 11 is 0. The second-order valence-electron chi connectivity index (χ2n) is 22.5. The maximum absolute atomic E-state index is 12.5. The summed E-state index contributed by atoms with van der Waals surface area (Å²) in [5.74, 6) is -0.0318. The fraction of sp³-hybridized carbons (Fsp3) is 0.969. The van der Waals surface area contributed by atoms with Gasteiger partial charge >= 0.3 is 5.97 Å². The van der Waals surface area contributed by atoms with Gasteiger partial charge < -0.3 is 20.3 Å². The van der Waals surface area contributed by atoms with E-state index >= 15 is 0 Å². The highest BCUT2D eigenvalue weighted by Gasteiger charge is 2.20. The molecule has 1 amide bonds. The number of nitrogens with one attached hydrogen (secondary N) is 1. The minimum atomic E-state index is -0.670. The van der Waals surface area contributed by atoms with Crippen LogP contribution in [-0.2, 0) is 14.3 Å². The van der Waals surface area contributed by atoms with Gasteiger partial charge in [-0.05, 0) is 25.7 Å². The lowest BCUT2D eigenvalue weighted by Crippen LogP contribution is -2.45. The van der Waals surface area contributed by atoms with Gasteiger partial charge in [0, 0.05) is 12.8 Å². The van der Waals surface area contributed by atoms with E-state index in [1.54, 1.807) is 0 Å². The Bertz CT molecular complexity index is 1010. The largest absolute Gasteiger partial charge is 0.466 e. The Hall–Kier alpha value is -1.14. The number of esters is 1. The standard InChI is InChI=1S/C64H127NO5/c1-3-5-7-9-11-13-15-17-19-21-23-24-25-28-32-36-40-44-48-52-56-62(67)61(60-66)65-63(68)57-53-49-45-41-37-33-29-27-31-35-39-43-47-51-55-59-70-64(69)58-54-50-46-42-38-34-30-26-22-20-18-16-14-12-10-8-6-4-2/h61-62,66-67H,3-60H2,1-2H3,(H,65,68). The van der Waals surface area contributed by atoms with Crippen molar-refractivity contribution in [3.63, 3.8) is 0 Å². The second kappa shape index (κ2) is 60.4. The van der Waals surface area contributed by atoms with Crippen molar-refractivity contribution >= 4 is 11.9 Å². The lowest BCUT2D eigenvalue weighted by Gasteiger charge is -2.22. The second-order valence-corrected chi connectivity index (χ2v) is 22.5. The van der Waals surface area contributed by atoms with Crippen molar-refractivity contribution in [3.05, 3.63) is 0 Å². The van der Waals surface area contributed by atoms with Crippen LogP contribution in [0, 0.1) is 0 Å². The maximum Gasteiger partial charge on any atom is 0.305 e. The Morgan fingerprint density at radius 3 is 0.871 bits per heavy atom. The van der Waals surface area contributed by atoms with E-state index in [1.165, 1.54) is 295 Å². The fourth-order valence-electron chi connectivity index (χ4n) is 10.5. The lowest BCUT2D eigenvalue weighted by atomic mass is 10.0. The van der Waals surface area contributed by atoms with E-state index in [0.717, 1.165) is 44.9 Å². The molecule has 0 aromatic carbocycles. The molecule has 0 heterocycles. The highest BCUT2D eigenvalue weighted by atomic mass is 16.5. The van der Waals surface area contributed by atoms with E-state index in [4.69, 9.17) is 4.74 Å². The van der Waals surface area contributed by atoms with Crippen molar-refractivity contribution in [1.29, 1.82) is 0 Å². The highest BCUT2D eigenvalue weighted by molar-refractivity contribution is 5.76. The van der Waals surface area contributed by atoms with Gasteiger partial charge in [-0.1, -0.05) is 335 Å². The van der Waals surface area contributed by atoms with Gasteiger partial charge in [0.15, 0.2) is 0 Å². The molecule has 6 heteroatoms. The van der Waals surface area contributed by atoms with E-state index in [2.05, 4.69) is 19.2 Å². The number of carbonyl (C=O) groups is 2. The van der Waals surface area contributed by atoms with Crippen LogP contribution in [0.2, 0.25) is 0 Å². The zero-order valence-corrected chi connectivity index (χ0v) is 47.8. The summed E-state index contributed by atoms with van der Waals surface area (Å²) in [5, 5.41) is 23.4. The summed E-state index contributed by atoms with van der Waals surface area (Å²) in [6.07, 6.45) is 71.1. The first kappa shape index (κ1) is 68.9. The third kappa shape index (κ3) is 56.2. The molecule has 70 heavy (non-hydrogen) atoms. The van der Waals surface area contributed by atoms with Gasteiger partial charge in [0.25, 0.3) is 0 Å². The molecule has 0 rings (SSSR count). The van der Waals surface area contributed by atoms with Crippen LogP contribution in [0.25, 0.3) is 0 Å². The van der Waals surface area contributed by atoms with Gasteiger partial charge in [0.05, 0.1) is 25.4 Å². The molecule has 418 valence electrons. The number of hydrogen-bond acceptors (Lipinski definition) is 5. The molecule has 0 aliphatic carbocycles. The molecule has 2 unspecified atom stereocenters. The number of hydrogen-bond donors (Lipinski definition) is 3. The number of rotatable bonds is 61. The summed E-state index contributed by atoms with van der Waals surface area (Å²) in [5.41, 5.74) is 0. The first-order valence-electron chi connectivity index (χ1n) is 32.3. The molecular formula is C64H127NO5. The van der Waals surface area contributed by atoms with E-state index in [1.807, 2.05) is 0 Å². The molecule has 3 N–H and O–H groups in total. The Morgan fingerprint density at radius 2 is 0.586 bits per heavy atom. The number of aliphatic hydroxyl groups is 2. The summed E-state index contributed by atoms with van der Waals surface area (Å²) in [6.45, 7) is 4.98. The van der Waals surface area contributed by atoms with Gasteiger partial charge in [-0.25, -0.2) is 0 Å². The van der Waals surface area contributed by atoms with Gasteiger partial charge in [-0.15, -0.1) is 0 Å². The summed E-state index contributed by atoms with van der Waals surface area (Å²) in [6, 6.07) is -0.547. The van der Waals surface area contributed by atoms with Crippen molar-refractivity contribution in [2.75, 3.05) is 13.2 Å². The van der Waals surface area contributed by atoms with Crippen LogP contribution in [0.1, 0.15) is 373 Å². The van der Waals surface area contributed by atoms with Crippen LogP contribution in [0.4, 0.5) is 0 Å². The molecule has 0 aliphatic rings. The Labute approximate surface area is 438 Å². The lowest BCUT2D eigenvalue weighted by molar-refractivity contribution is -0.143. The topological polar surface area (TPSA) is 95.9 Å². The van der Waals surface area contributed by atoms with Gasteiger partial charge in [-0.2, -0.15) is 0 Å². The van der Waals surface area contributed by atoms with Gasteiger partial charge in [0.1, 0.15) is 0 Å². The Morgan fingerprint density at radius 1 is 0.343 bits per heavy atom. The van der Waals surface area contributed by atoms with E-state index in [9.17, 15) is 19.8 Å². The summed E-state index contributed by atoms with van der Waals surface area (Å²) in [7, 11) is 0. The van der Waals surface area contributed by atoms with Gasteiger partial charge in [0.2, 0.25) is 5.91 Å². The van der Waals surface area contributed by atoms with Crippen LogP contribution >= 0.6 is 0 Å². The predicted molar refractivity (Wildman–Crippen MR) is 306 cm³/mol. The van der Waals surface area contributed by atoms with E-state index in [0.29, 0.717) is 25.9 Å². The van der Waals surface area contributed by atoms with Gasteiger partial charge in [-0.3, -0.25) is 9.59 Å². The molecule has 0 bridgehead atoms. The smallest absolute Gasteiger partial charge is 0.305 e. The summed E-state index contributed by atoms with van der Waals surface area (Å²) in [4.78, 5) is 24.6. The zero-order valence-electron chi connectivity index (χ0n) is 47.8.